The van der Waals surface area contributed by atoms with E-state index in [0.29, 0.717) is 57.3 Å². The van der Waals surface area contributed by atoms with Crippen LogP contribution in [0.5, 0.6) is 0 Å². The van der Waals surface area contributed by atoms with Gasteiger partial charge in [-0.25, -0.2) is 31.9 Å². The molecule has 0 saturated heterocycles. The minimum Gasteiger partial charge on any atom is -0.479 e. The standard InChI is InChI=1S/C29H31FN4O3.C27H24FN3O2.C26H25FN4O3.C26H23FN2O3S/c1-17-23(15-33(32-17)29(4,5)27(35)36)25-22-11-18-13-31-14-19(18)12-24(22)34(21-9-7-20(30)8-10-21)26(25)28(2,3)16-37-6;1-27(2,15-32)25-24(16-3-5-17(6-4-16)26(29)33)22-11-18-13-30-14-19(18)12-23(22)31(25)21-9-7-20(28)8-10-21;1-26(2,14-34-4)24-23(20-11-22(25(32)33)30(3)29-20)19-9-15-12-28-13-16(15)10-21(19)31(24)18-7-5-17(27)6-8-18;1-26(2,14-32-3)24-23(21-8-9-22(33-21)25(30)31)19-10-15-12-28-13-16(15)11-20(19)29(24)18-6-4-17(27)5-7-18/h7-12,14-15H,13,16H2,1-6H3,(H,35,36);3-12,14,32H,13,15H2,1-2H3,(H2,29,33);5-11,13H,12,14H2,1-4H3,(H,32,33);4-11,13H,12,14H2,1-3H3,(H,30,31). The van der Waals surface area contributed by atoms with Crippen LogP contribution in [0.25, 0.3) is 110 Å². The number of primary amides is 1. The van der Waals surface area contributed by atoms with Crippen molar-refractivity contribution in [2.24, 2.45) is 32.8 Å². The number of aliphatic imine (C=N–C) groups is 4. The number of hydrogen-bond donors (Lipinski definition) is 5. The number of fused-ring (bicyclic) bond motifs is 8. The number of aliphatic hydroxyl groups excluding tert-OH is 1. The number of aromatic nitrogens is 8. The summed E-state index contributed by atoms with van der Waals surface area (Å²) >= 11 is 1.26. The molecule has 0 radical (unpaired) electrons. The Labute approximate surface area is 791 Å². The highest BCUT2D eigenvalue weighted by Gasteiger charge is 2.41. The van der Waals surface area contributed by atoms with Gasteiger partial charge in [0, 0.05) is 186 Å². The Bertz CT molecular complexity index is 7650. The number of amides is 1. The highest BCUT2D eigenvalue weighted by Crippen LogP contribution is 2.51. The number of benzene rings is 9. The average molecular weight is 1870 g/mol. The summed E-state index contributed by atoms with van der Waals surface area (Å²) in [6.07, 6.45) is 9.32. The Balaban J connectivity index is 0.000000127. The molecular formula is C108H103F4N13O11S. The van der Waals surface area contributed by atoms with Crippen LogP contribution >= 0.6 is 11.3 Å². The molecule has 11 heterocycles. The van der Waals surface area contributed by atoms with Crippen LogP contribution in [0.1, 0.15) is 173 Å². The minimum atomic E-state index is -1.23. The number of carbonyl (C=O) groups excluding carboxylic acids is 1. The van der Waals surface area contributed by atoms with Crippen LogP contribution in [0, 0.1) is 30.2 Å². The number of nitrogens with zero attached hydrogens (tertiary/aromatic N) is 12. The van der Waals surface area contributed by atoms with Gasteiger partial charge in [0.1, 0.15) is 33.8 Å². The average Bonchev–Trinajstić information content (AvgIpc) is 1.59. The first-order valence-corrected chi connectivity index (χ1v) is 45.4. The van der Waals surface area contributed by atoms with E-state index in [1.54, 1.807) is 115 Å². The van der Waals surface area contributed by atoms with Crippen molar-refractivity contribution >= 4 is 104 Å². The molecule has 137 heavy (non-hydrogen) atoms. The molecule has 0 unspecified atom stereocenters. The van der Waals surface area contributed by atoms with E-state index in [0.717, 1.165) is 178 Å². The zero-order valence-corrected chi connectivity index (χ0v) is 79.3. The summed E-state index contributed by atoms with van der Waals surface area (Å²) in [6.45, 7) is 25.4. The zero-order chi connectivity index (χ0) is 97.6. The number of aromatic carboxylic acids is 2. The second-order valence-electron chi connectivity index (χ2n) is 38.0. The predicted octanol–water partition coefficient (Wildman–Crippen LogP) is 21.1. The molecule has 4 aliphatic heterocycles. The molecular weight excluding hydrogens is 1760 g/mol. The van der Waals surface area contributed by atoms with Crippen molar-refractivity contribution in [3.05, 3.63) is 307 Å². The summed E-state index contributed by atoms with van der Waals surface area (Å²) in [6, 6.07) is 54.9. The number of aliphatic carboxylic acids is 1. The summed E-state index contributed by atoms with van der Waals surface area (Å²) in [7, 11) is 6.62. The lowest BCUT2D eigenvalue weighted by atomic mass is 9.84. The van der Waals surface area contributed by atoms with E-state index in [1.807, 2.05) is 70.0 Å². The molecule has 0 spiro atoms. The van der Waals surface area contributed by atoms with E-state index in [4.69, 9.17) is 19.9 Å². The molecule has 0 aliphatic carbocycles. The minimum absolute atomic E-state index is 0.0853. The molecule has 0 bridgehead atoms. The third kappa shape index (κ3) is 17.4. The van der Waals surface area contributed by atoms with Crippen molar-refractivity contribution < 1.29 is 71.4 Å². The van der Waals surface area contributed by atoms with Gasteiger partial charge in [-0.1, -0.05) is 67.5 Å². The number of halogens is 4. The van der Waals surface area contributed by atoms with Gasteiger partial charge >= 0.3 is 17.9 Å². The van der Waals surface area contributed by atoms with E-state index in [9.17, 15) is 57.2 Å². The van der Waals surface area contributed by atoms with Gasteiger partial charge < -0.3 is 58.6 Å². The monoisotopic (exact) mass is 1870 g/mol. The molecule has 0 saturated carbocycles. The molecule has 6 N–H and O–H groups in total. The molecule has 16 aromatic rings. The number of carboxylic acids is 3. The fourth-order valence-electron chi connectivity index (χ4n) is 19.3. The van der Waals surface area contributed by atoms with Gasteiger partial charge in [0.15, 0.2) is 5.54 Å². The molecule has 700 valence electrons. The van der Waals surface area contributed by atoms with Crippen LogP contribution in [0.15, 0.2) is 214 Å². The molecule has 24 nitrogen and oxygen atoms in total. The number of ether oxygens (including phenoxy) is 3. The summed E-state index contributed by atoms with van der Waals surface area (Å²) in [5.74, 6) is -4.68. The first kappa shape index (κ1) is 94.2. The Morgan fingerprint density at radius 3 is 1.12 bits per heavy atom. The van der Waals surface area contributed by atoms with E-state index >= 15 is 0 Å². The second kappa shape index (κ2) is 36.5. The van der Waals surface area contributed by atoms with Crippen molar-refractivity contribution in [3.8, 4) is 66.7 Å². The number of carboxylic acid groups (broad SMARTS) is 3. The molecule has 4 aliphatic rings. The lowest BCUT2D eigenvalue weighted by Crippen LogP contribution is -2.36. The van der Waals surface area contributed by atoms with E-state index in [2.05, 4.69) is 139 Å². The highest BCUT2D eigenvalue weighted by atomic mass is 32.1. The van der Waals surface area contributed by atoms with Crippen LogP contribution in [-0.2, 0) is 79.4 Å². The van der Waals surface area contributed by atoms with Crippen LogP contribution in [0.3, 0.4) is 0 Å². The van der Waals surface area contributed by atoms with Crippen molar-refractivity contribution in [3.63, 3.8) is 0 Å². The lowest BCUT2D eigenvalue weighted by molar-refractivity contribution is -0.146. The van der Waals surface area contributed by atoms with Crippen molar-refractivity contribution in [2.45, 2.75) is 130 Å². The maximum Gasteiger partial charge on any atom is 0.354 e. The third-order valence-corrected chi connectivity index (χ3v) is 26.9. The van der Waals surface area contributed by atoms with Gasteiger partial charge in [-0.15, -0.1) is 11.3 Å². The zero-order valence-electron chi connectivity index (χ0n) is 78.5. The van der Waals surface area contributed by atoms with E-state index in [-0.39, 0.29) is 40.4 Å². The van der Waals surface area contributed by atoms with Gasteiger partial charge in [-0.3, -0.25) is 34.1 Å². The molecule has 20 rings (SSSR count). The first-order chi connectivity index (χ1) is 65.3. The number of methoxy groups -OCH3 is 3. The summed E-state index contributed by atoms with van der Waals surface area (Å²) < 4.78 is 83.6. The largest absolute Gasteiger partial charge is 0.479 e. The third-order valence-electron chi connectivity index (χ3n) is 25.8. The Morgan fingerprint density at radius 2 is 0.781 bits per heavy atom. The van der Waals surface area contributed by atoms with Crippen LogP contribution in [-0.4, -0.2) is 155 Å². The molecule has 0 fully saturated rings. The number of nitrogens with two attached hydrogens (primary N) is 1. The number of hydrogen-bond acceptors (Lipinski definition) is 15. The maximum absolute atomic E-state index is 13.9. The van der Waals surface area contributed by atoms with Gasteiger partial charge in [0.25, 0.3) is 0 Å². The summed E-state index contributed by atoms with van der Waals surface area (Å²) in [5.41, 5.74) is 29.0. The highest BCUT2D eigenvalue weighted by molar-refractivity contribution is 7.17. The van der Waals surface area contributed by atoms with Crippen molar-refractivity contribution in [2.75, 3.05) is 47.8 Å². The Morgan fingerprint density at radius 1 is 0.431 bits per heavy atom. The van der Waals surface area contributed by atoms with E-state index in [1.165, 1.54) is 69.2 Å². The number of aryl methyl sites for hydroxylation is 2. The fourth-order valence-corrected chi connectivity index (χ4v) is 20.2. The molecule has 29 heteroatoms. The quantitative estimate of drug-likeness (QED) is 0.0352. The number of thiophene rings is 1. The number of aliphatic hydroxyl groups is 1. The van der Waals surface area contributed by atoms with Crippen LogP contribution in [0.2, 0.25) is 0 Å². The van der Waals surface area contributed by atoms with Gasteiger partial charge in [-0.05, 0) is 247 Å². The fraction of sp³-hybridized carbons (Fsp3) is 0.259. The summed E-state index contributed by atoms with van der Waals surface area (Å²) in [4.78, 5) is 65.9. The predicted molar refractivity (Wildman–Crippen MR) is 529 cm³/mol. The first-order valence-electron chi connectivity index (χ1n) is 44.6. The van der Waals surface area contributed by atoms with Crippen molar-refractivity contribution in [1.29, 1.82) is 0 Å². The Hall–Kier alpha value is -14.6. The van der Waals surface area contributed by atoms with Crippen LogP contribution in [0.4, 0.5) is 17.6 Å². The Kier molecular flexibility index (Phi) is 25.1. The molecule has 1 amide bonds. The molecule has 7 aromatic heterocycles. The SMILES string of the molecule is CC(C)(CO)c1c(-c2ccc(C(N)=O)cc2)c2cc3c(cc2n1-c1ccc(F)cc1)C=NC3.COCC(C)(C)c1c(-c2cc(C(=O)O)n(C)n2)c2cc3c(cc2n1-c1ccc(F)cc1)C=NC3.COCC(C)(C)c1c(-c2ccc(C(=O)O)s2)c2cc3c(cc2n1-c1ccc(F)cc1)C=NC3.COCC(C)(C)c1c(-c2cn(C(C)(C)C(=O)O)nc2C)c2cc3c(cc2n1-c1ccc(F)cc1)C=NC3. The molecule has 9 aromatic carbocycles. The summed E-state index contributed by atoms with van der Waals surface area (Å²) in [5, 5.41) is 52.6. The molecule has 0 atom stereocenters. The lowest BCUT2D eigenvalue weighted by Gasteiger charge is -2.28. The van der Waals surface area contributed by atoms with Gasteiger partial charge in [0.2, 0.25) is 5.91 Å². The van der Waals surface area contributed by atoms with Gasteiger partial charge in [-0.2, -0.15) is 10.2 Å². The number of carbonyl (C=O) groups is 4. The van der Waals surface area contributed by atoms with E-state index < -0.39 is 51.0 Å². The number of rotatable bonds is 24. The van der Waals surface area contributed by atoms with Crippen molar-refractivity contribution in [1.82, 2.24) is 37.8 Å². The topological polar surface area (TPSA) is 308 Å². The van der Waals surface area contributed by atoms with Crippen LogP contribution < -0.4 is 5.73 Å². The normalized spacial score (nSPS) is 13.2. The van der Waals surface area contributed by atoms with Gasteiger partial charge in [0.05, 0.1) is 86.1 Å². The smallest absolute Gasteiger partial charge is 0.354 e. The second-order valence-corrected chi connectivity index (χ2v) is 39.1. The maximum atomic E-state index is 13.9.